The zero-order valence-corrected chi connectivity index (χ0v) is 12.8. The quantitative estimate of drug-likeness (QED) is 0.830. The second-order valence-electron chi connectivity index (χ2n) is 4.35. The second-order valence-corrected chi connectivity index (χ2v) is 6.51. The van der Waals surface area contributed by atoms with Gasteiger partial charge in [-0.25, -0.2) is 0 Å². The molecule has 0 unspecified atom stereocenters. The summed E-state index contributed by atoms with van der Waals surface area (Å²) in [7, 11) is 0. The summed E-state index contributed by atoms with van der Waals surface area (Å²) < 4.78 is 6.33. The summed E-state index contributed by atoms with van der Waals surface area (Å²) in [5.74, 6) is 0.346. The number of primary amides is 1. The van der Waals surface area contributed by atoms with Crippen LogP contribution in [-0.2, 0) is 5.75 Å². The number of hydrogen-bond donors (Lipinski definition) is 1. The minimum Gasteiger partial charge on any atom is -0.466 e. The summed E-state index contributed by atoms with van der Waals surface area (Å²) in [6, 6.07) is 7.23. The Hall–Kier alpha value is -1.60. The summed E-state index contributed by atoms with van der Waals surface area (Å²) in [6.45, 7) is 3.91. The van der Waals surface area contributed by atoms with E-state index in [4.69, 9.17) is 10.5 Å². The predicted molar refractivity (Wildman–Crippen MR) is 80.2 cm³/mol. The van der Waals surface area contributed by atoms with E-state index in [9.17, 15) is 4.79 Å². The van der Waals surface area contributed by atoms with Gasteiger partial charge in [-0.2, -0.15) is 0 Å². The van der Waals surface area contributed by atoms with Crippen molar-refractivity contribution in [3.8, 4) is 5.19 Å². The van der Waals surface area contributed by atoms with Gasteiger partial charge in [-0.15, -0.1) is 5.10 Å². The maximum Gasteiger partial charge on any atom is 0.295 e. The van der Waals surface area contributed by atoms with Gasteiger partial charge >= 0.3 is 0 Å². The standard InChI is InChI=1S/C13H15N3O2S2/c1-8(2)18-12-15-16-13(20-12)19-7-9-3-5-10(6-4-9)11(14)17/h3-6,8H,7H2,1-2H3,(H2,14,17). The Morgan fingerprint density at radius 1 is 1.35 bits per heavy atom. The van der Waals surface area contributed by atoms with Gasteiger partial charge in [0.15, 0.2) is 4.34 Å². The number of aromatic nitrogens is 2. The second kappa shape index (κ2) is 6.71. The Kier molecular flexibility index (Phi) is 4.97. The van der Waals surface area contributed by atoms with E-state index in [1.807, 2.05) is 26.0 Å². The van der Waals surface area contributed by atoms with Gasteiger partial charge < -0.3 is 10.5 Å². The maximum atomic E-state index is 11.0. The molecule has 0 saturated carbocycles. The number of rotatable bonds is 6. The monoisotopic (exact) mass is 309 g/mol. The van der Waals surface area contributed by atoms with Crippen LogP contribution in [0.25, 0.3) is 0 Å². The first-order valence-electron chi connectivity index (χ1n) is 6.06. The van der Waals surface area contributed by atoms with E-state index in [2.05, 4.69) is 10.2 Å². The third-order valence-electron chi connectivity index (χ3n) is 2.33. The Bertz CT molecular complexity index is 582. The molecule has 106 valence electrons. The molecule has 2 aromatic rings. The first-order valence-corrected chi connectivity index (χ1v) is 7.86. The molecule has 0 aliphatic heterocycles. The summed E-state index contributed by atoms with van der Waals surface area (Å²) in [4.78, 5) is 11.0. The predicted octanol–water partition coefficient (Wildman–Crippen LogP) is 2.72. The molecule has 20 heavy (non-hydrogen) atoms. The van der Waals surface area contributed by atoms with E-state index in [1.165, 1.54) is 11.3 Å². The Morgan fingerprint density at radius 3 is 2.65 bits per heavy atom. The number of amides is 1. The fourth-order valence-electron chi connectivity index (χ4n) is 1.42. The fraction of sp³-hybridized carbons (Fsp3) is 0.308. The number of hydrogen-bond acceptors (Lipinski definition) is 6. The topological polar surface area (TPSA) is 78.1 Å². The number of nitrogens with two attached hydrogens (primary N) is 1. The van der Waals surface area contributed by atoms with Gasteiger partial charge in [0.2, 0.25) is 5.91 Å². The third kappa shape index (κ3) is 4.21. The van der Waals surface area contributed by atoms with Crippen LogP contribution in [0.1, 0.15) is 29.8 Å². The molecule has 0 bridgehead atoms. The van der Waals surface area contributed by atoms with Crippen LogP contribution in [0.4, 0.5) is 0 Å². The molecule has 1 amide bonds. The smallest absolute Gasteiger partial charge is 0.295 e. The van der Waals surface area contributed by atoms with Gasteiger partial charge in [0.25, 0.3) is 5.19 Å². The Morgan fingerprint density at radius 2 is 2.05 bits per heavy atom. The van der Waals surface area contributed by atoms with Crippen LogP contribution in [0.2, 0.25) is 0 Å². The SMILES string of the molecule is CC(C)Oc1nnc(SCc2ccc(C(N)=O)cc2)s1. The lowest BCUT2D eigenvalue weighted by Crippen LogP contribution is -2.10. The fourth-order valence-corrected chi connectivity index (χ4v) is 3.18. The van der Waals surface area contributed by atoms with E-state index in [0.29, 0.717) is 10.8 Å². The minimum atomic E-state index is -0.413. The summed E-state index contributed by atoms with van der Waals surface area (Å²) in [6.07, 6.45) is 0.0992. The van der Waals surface area contributed by atoms with Crippen molar-refractivity contribution < 1.29 is 9.53 Å². The average Bonchev–Trinajstić information content (AvgIpc) is 2.83. The molecule has 1 aromatic heterocycles. The minimum absolute atomic E-state index is 0.0992. The highest BCUT2D eigenvalue weighted by molar-refractivity contribution is 8.00. The van der Waals surface area contributed by atoms with Gasteiger partial charge in [0.1, 0.15) is 0 Å². The van der Waals surface area contributed by atoms with Crippen molar-refractivity contribution in [3.05, 3.63) is 35.4 Å². The van der Waals surface area contributed by atoms with Gasteiger partial charge in [0.05, 0.1) is 6.10 Å². The van der Waals surface area contributed by atoms with E-state index in [-0.39, 0.29) is 6.10 Å². The van der Waals surface area contributed by atoms with Crippen molar-refractivity contribution in [1.82, 2.24) is 10.2 Å². The van der Waals surface area contributed by atoms with Crippen LogP contribution in [0.3, 0.4) is 0 Å². The zero-order valence-electron chi connectivity index (χ0n) is 11.2. The molecule has 0 saturated heterocycles. The summed E-state index contributed by atoms with van der Waals surface area (Å²) >= 11 is 3.02. The lowest BCUT2D eigenvalue weighted by molar-refractivity contribution is 0.100. The molecular formula is C13H15N3O2S2. The van der Waals surface area contributed by atoms with Crippen molar-refractivity contribution in [1.29, 1.82) is 0 Å². The number of carbonyl (C=O) groups excluding carboxylic acids is 1. The highest BCUT2D eigenvalue weighted by Crippen LogP contribution is 2.29. The van der Waals surface area contributed by atoms with Crippen molar-refractivity contribution in [2.24, 2.45) is 5.73 Å². The number of nitrogens with zero attached hydrogens (tertiary/aromatic N) is 2. The maximum absolute atomic E-state index is 11.0. The molecule has 1 heterocycles. The first kappa shape index (κ1) is 14.8. The van der Waals surface area contributed by atoms with Gasteiger partial charge in [0, 0.05) is 11.3 Å². The lowest BCUT2D eigenvalue weighted by atomic mass is 10.1. The van der Waals surface area contributed by atoms with E-state index >= 15 is 0 Å². The molecular weight excluding hydrogens is 294 g/mol. The number of ether oxygens (including phenoxy) is 1. The van der Waals surface area contributed by atoms with Gasteiger partial charge in [-0.3, -0.25) is 4.79 Å². The molecule has 7 heteroatoms. The van der Waals surface area contributed by atoms with Crippen molar-refractivity contribution >= 4 is 29.0 Å². The number of thioether (sulfide) groups is 1. The third-order valence-corrected chi connectivity index (χ3v) is 4.34. The average molecular weight is 309 g/mol. The van der Waals surface area contributed by atoms with Crippen molar-refractivity contribution in [2.75, 3.05) is 0 Å². The molecule has 0 atom stereocenters. The van der Waals surface area contributed by atoms with Crippen LogP contribution >= 0.6 is 23.1 Å². The number of benzene rings is 1. The molecule has 5 nitrogen and oxygen atoms in total. The number of carbonyl (C=O) groups is 1. The molecule has 0 fully saturated rings. The largest absolute Gasteiger partial charge is 0.466 e. The molecule has 0 aliphatic carbocycles. The van der Waals surface area contributed by atoms with Crippen molar-refractivity contribution in [3.63, 3.8) is 0 Å². The van der Waals surface area contributed by atoms with Crippen LogP contribution in [0.15, 0.2) is 28.6 Å². The van der Waals surface area contributed by atoms with Crippen LogP contribution in [-0.4, -0.2) is 22.2 Å². The van der Waals surface area contributed by atoms with E-state index in [1.54, 1.807) is 23.9 Å². The van der Waals surface area contributed by atoms with E-state index < -0.39 is 5.91 Å². The van der Waals surface area contributed by atoms with Crippen LogP contribution < -0.4 is 10.5 Å². The van der Waals surface area contributed by atoms with Gasteiger partial charge in [-0.05, 0) is 42.9 Å². The Balaban J connectivity index is 1.91. The van der Waals surface area contributed by atoms with E-state index in [0.717, 1.165) is 15.7 Å². The molecule has 2 N–H and O–H groups in total. The molecule has 1 aromatic carbocycles. The lowest BCUT2D eigenvalue weighted by Gasteiger charge is -2.03. The highest BCUT2D eigenvalue weighted by atomic mass is 32.2. The van der Waals surface area contributed by atoms with Gasteiger partial charge in [-0.1, -0.05) is 29.0 Å². The Labute approximate surface area is 125 Å². The van der Waals surface area contributed by atoms with Crippen molar-refractivity contribution in [2.45, 2.75) is 30.0 Å². The van der Waals surface area contributed by atoms with Crippen LogP contribution in [0, 0.1) is 0 Å². The van der Waals surface area contributed by atoms with Crippen LogP contribution in [0.5, 0.6) is 5.19 Å². The highest BCUT2D eigenvalue weighted by Gasteiger charge is 2.08. The molecule has 2 rings (SSSR count). The molecule has 0 aliphatic rings. The summed E-state index contributed by atoms with van der Waals surface area (Å²) in [5, 5.41) is 8.62. The zero-order chi connectivity index (χ0) is 14.5. The molecule has 0 spiro atoms. The molecule has 0 radical (unpaired) electrons. The normalized spacial score (nSPS) is 10.8. The summed E-state index contributed by atoms with van der Waals surface area (Å²) in [5.41, 5.74) is 6.81. The first-order chi connectivity index (χ1) is 9.54.